The summed E-state index contributed by atoms with van der Waals surface area (Å²) in [6.07, 6.45) is 1.18. The number of nitrogens with two attached hydrogens (primary N) is 1. The predicted molar refractivity (Wildman–Crippen MR) is 39.3 cm³/mol. The number of likely N-dealkylation sites (tertiary alicyclic amines) is 1. The van der Waals surface area contributed by atoms with Gasteiger partial charge in [-0.2, -0.15) is 0 Å². The second-order valence-electron chi connectivity index (χ2n) is 3.52. The number of hydrogen-bond acceptors (Lipinski definition) is 2. The zero-order chi connectivity index (χ0) is 6.91. The monoisotopic (exact) mass is 128 g/mol. The van der Waals surface area contributed by atoms with Gasteiger partial charge in [0.2, 0.25) is 0 Å². The first-order valence-corrected chi connectivity index (χ1v) is 3.55. The quantitative estimate of drug-likeness (QED) is 0.579. The van der Waals surface area contributed by atoms with Gasteiger partial charge in [0.25, 0.3) is 0 Å². The minimum Gasteiger partial charge on any atom is -0.330 e. The van der Waals surface area contributed by atoms with Gasteiger partial charge in [0.05, 0.1) is 0 Å². The molecule has 0 atom stereocenters. The summed E-state index contributed by atoms with van der Waals surface area (Å²) in [6.45, 7) is 5.60. The van der Waals surface area contributed by atoms with Gasteiger partial charge < -0.3 is 10.6 Å². The van der Waals surface area contributed by atoms with Gasteiger partial charge in [-0.1, -0.05) is 6.92 Å². The van der Waals surface area contributed by atoms with E-state index in [9.17, 15) is 0 Å². The lowest BCUT2D eigenvalue weighted by Crippen LogP contribution is -2.53. The van der Waals surface area contributed by atoms with Crippen LogP contribution in [0.4, 0.5) is 0 Å². The van der Waals surface area contributed by atoms with Crippen LogP contribution in [0, 0.1) is 5.41 Å². The van der Waals surface area contributed by atoms with Gasteiger partial charge in [-0.05, 0) is 25.4 Å². The van der Waals surface area contributed by atoms with E-state index >= 15 is 0 Å². The van der Waals surface area contributed by atoms with Gasteiger partial charge in [0, 0.05) is 13.1 Å². The average Bonchev–Trinajstić information content (AvgIpc) is 1.62. The minimum atomic E-state index is 0.545. The first kappa shape index (κ1) is 7.03. The van der Waals surface area contributed by atoms with Gasteiger partial charge >= 0.3 is 0 Å². The summed E-state index contributed by atoms with van der Waals surface area (Å²) in [5.74, 6) is 0. The van der Waals surface area contributed by atoms with Crippen LogP contribution >= 0.6 is 0 Å². The SMILES string of the molecule is CN1CC(C)(CCN)C1. The molecule has 0 aromatic heterocycles. The molecule has 1 fully saturated rings. The Hall–Kier alpha value is -0.0800. The fraction of sp³-hybridized carbons (Fsp3) is 1.00. The Balaban J connectivity index is 2.23. The van der Waals surface area contributed by atoms with E-state index in [2.05, 4.69) is 18.9 Å². The zero-order valence-electron chi connectivity index (χ0n) is 6.35. The van der Waals surface area contributed by atoms with Crippen LogP contribution in [0.15, 0.2) is 0 Å². The normalized spacial score (nSPS) is 25.7. The maximum Gasteiger partial charge on any atom is 0.00452 e. The summed E-state index contributed by atoms with van der Waals surface area (Å²) in [5.41, 5.74) is 6.00. The molecule has 0 unspecified atom stereocenters. The van der Waals surface area contributed by atoms with Crippen LogP contribution in [-0.4, -0.2) is 31.6 Å². The molecule has 2 N–H and O–H groups in total. The third-order valence-electron chi connectivity index (χ3n) is 2.05. The van der Waals surface area contributed by atoms with Crippen molar-refractivity contribution in [3.63, 3.8) is 0 Å². The Morgan fingerprint density at radius 2 is 2.11 bits per heavy atom. The smallest absolute Gasteiger partial charge is 0.00452 e. The summed E-state index contributed by atoms with van der Waals surface area (Å²) < 4.78 is 0. The molecule has 0 bridgehead atoms. The summed E-state index contributed by atoms with van der Waals surface area (Å²) >= 11 is 0. The summed E-state index contributed by atoms with van der Waals surface area (Å²) in [5, 5.41) is 0. The molecule has 2 heteroatoms. The molecule has 0 amide bonds. The second-order valence-corrected chi connectivity index (χ2v) is 3.52. The fourth-order valence-electron chi connectivity index (χ4n) is 1.76. The molecule has 2 nitrogen and oxygen atoms in total. The van der Waals surface area contributed by atoms with E-state index in [0.29, 0.717) is 5.41 Å². The molecular weight excluding hydrogens is 112 g/mol. The number of rotatable bonds is 2. The molecule has 1 aliphatic rings. The Bertz CT molecular complexity index is 89.6. The largest absolute Gasteiger partial charge is 0.330 e. The van der Waals surface area contributed by atoms with Crippen molar-refractivity contribution in [3.8, 4) is 0 Å². The molecule has 0 saturated carbocycles. The van der Waals surface area contributed by atoms with E-state index in [1.807, 2.05) is 0 Å². The Labute approximate surface area is 57.0 Å². The van der Waals surface area contributed by atoms with Crippen LogP contribution in [-0.2, 0) is 0 Å². The maximum atomic E-state index is 5.45. The number of hydrogen-bond donors (Lipinski definition) is 1. The van der Waals surface area contributed by atoms with Crippen molar-refractivity contribution < 1.29 is 0 Å². The molecule has 1 saturated heterocycles. The van der Waals surface area contributed by atoms with Crippen LogP contribution < -0.4 is 5.73 Å². The van der Waals surface area contributed by atoms with E-state index < -0.39 is 0 Å². The van der Waals surface area contributed by atoms with Crippen molar-refractivity contribution in [1.82, 2.24) is 4.90 Å². The highest BCUT2D eigenvalue weighted by Crippen LogP contribution is 2.30. The Kier molecular flexibility index (Phi) is 1.78. The molecule has 1 rings (SSSR count). The highest BCUT2D eigenvalue weighted by molar-refractivity contribution is 4.89. The Morgan fingerprint density at radius 1 is 1.56 bits per heavy atom. The molecule has 1 aliphatic heterocycles. The molecule has 0 aromatic rings. The van der Waals surface area contributed by atoms with Gasteiger partial charge in [-0.3, -0.25) is 0 Å². The molecule has 0 aliphatic carbocycles. The van der Waals surface area contributed by atoms with Crippen LogP contribution in [0.2, 0.25) is 0 Å². The van der Waals surface area contributed by atoms with E-state index in [0.717, 1.165) is 6.54 Å². The van der Waals surface area contributed by atoms with E-state index in [-0.39, 0.29) is 0 Å². The zero-order valence-corrected chi connectivity index (χ0v) is 6.35. The van der Waals surface area contributed by atoms with Gasteiger partial charge in [0.1, 0.15) is 0 Å². The highest BCUT2D eigenvalue weighted by atomic mass is 15.2. The van der Waals surface area contributed by atoms with Gasteiger partial charge in [0.15, 0.2) is 0 Å². The van der Waals surface area contributed by atoms with Crippen LogP contribution in [0.25, 0.3) is 0 Å². The lowest BCUT2D eigenvalue weighted by Gasteiger charge is -2.46. The average molecular weight is 128 g/mol. The van der Waals surface area contributed by atoms with Crippen molar-refractivity contribution in [2.45, 2.75) is 13.3 Å². The van der Waals surface area contributed by atoms with Crippen molar-refractivity contribution in [2.75, 3.05) is 26.7 Å². The summed E-state index contributed by atoms with van der Waals surface area (Å²) in [6, 6.07) is 0. The first-order valence-electron chi connectivity index (χ1n) is 3.55. The van der Waals surface area contributed by atoms with Crippen molar-refractivity contribution in [2.24, 2.45) is 11.1 Å². The third-order valence-corrected chi connectivity index (χ3v) is 2.05. The fourth-order valence-corrected chi connectivity index (χ4v) is 1.76. The summed E-state index contributed by atoms with van der Waals surface area (Å²) in [7, 11) is 2.15. The molecule has 1 heterocycles. The van der Waals surface area contributed by atoms with E-state index in [4.69, 9.17) is 5.73 Å². The van der Waals surface area contributed by atoms with E-state index in [1.54, 1.807) is 0 Å². The van der Waals surface area contributed by atoms with E-state index in [1.165, 1.54) is 19.5 Å². The van der Waals surface area contributed by atoms with Crippen molar-refractivity contribution in [3.05, 3.63) is 0 Å². The summed E-state index contributed by atoms with van der Waals surface area (Å²) in [4.78, 5) is 2.33. The molecule has 0 radical (unpaired) electrons. The van der Waals surface area contributed by atoms with Crippen molar-refractivity contribution >= 4 is 0 Å². The number of nitrogens with zero attached hydrogens (tertiary/aromatic N) is 1. The van der Waals surface area contributed by atoms with Crippen LogP contribution in [0.1, 0.15) is 13.3 Å². The molecule has 54 valence electrons. The van der Waals surface area contributed by atoms with Crippen LogP contribution in [0.3, 0.4) is 0 Å². The lowest BCUT2D eigenvalue weighted by atomic mass is 9.79. The molecule has 0 spiro atoms. The topological polar surface area (TPSA) is 29.3 Å². The Morgan fingerprint density at radius 3 is 2.44 bits per heavy atom. The highest BCUT2D eigenvalue weighted by Gasteiger charge is 2.34. The predicted octanol–water partition coefficient (Wildman–Crippen LogP) is 0.287. The van der Waals surface area contributed by atoms with Crippen molar-refractivity contribution in [1.29, 1.82) is 0 Å². The lowest BCUT2D eigenvalue weighted by molar-refractivity contribution is 0.0340. The maximum absolute atomic E-state index is 5.45. The minimum absolute atomic E-state index is 0.545. The third kappa shape index (κ3) is 1.43. The first-order chi connectivity index (χ1) is 4.16. The second kappa shape index (κ2) is 2.27. The molecular formula is C7H16N2. The molecule has 0 aromatic carbocycles. The van der Waals surface area contributed by atoms with Crippen LogP contribution in [0.5, 0.6) is 0 Å². The van der Waals surface area contributed by atoms with Gasteiger partial charge in [-0.15, -0.1) is 0 Å². The van der Waals surface area contributed by atoms with Gasteiger partial charge in [-0.25, -0.2) is 0 Å². The standard InChI is InChI=1S/C7H16N2/c1-7(3-4-8)5-9(2)6-7/h3-6,8H2,1-2H3. The molecule has 9 heavy (non-hydrogen) atoms.